The maximum atomic E-state index is 5.36. The summed E-state index contributed by atoms with van der Waals surface area (Å²) in [6, 6.07) is 8.25. The van der Waals surface area contributed by atoms with E-state index in [0.717, 1.165) is 30.5 Å². The zero-order valence-corrected chi connectivity index (χ0v) is 12.5. The number of aromatic amines is 1. The average molecular weight is 294 g/mol. The monoisotopic (exact) mass is 294 g/mol. The maximum Gasteiger partial charge on any atom is 0.223 e. The van der Waals surface area contributed by atoms with Gasteiger partial charge in [-0.1, -0.05) is 0 Å². The summed E-state index contributed by atoms with van der Waals surface area (Å²) < 4.78 is 5.36. The van der Waals surface area contributed by atoms with Gasteiger partial charge < -0.3 is 15.0 Å². The molecule has 1 atom stereocenters. The standard InChI is InChI=1S/C17H18N4O/c1-22-11-6-7-14-13(10-11)12-4-2-5-15(16(12)20-14)21-17-18-8-3-9-19-17/h3,6-10,15,20H,2,4-5H2,1H3,(H,18,19,21). The highest BCUT2D eigenvalue weighted by molar-refractivity contribution is 5.86. The van der Waals surface area contributed by atoms with E-state index < -0.39 is 0 Å². The molecule has 0 amide bonds. The first-order valence-electron chi connectivity index (χ1n) is 7.57. The van der Waals surface area contributed by atoms with Crippen molar-refractivity contribution in [2.24, 2.45) is 0 Å². The molecule has 2 N–H and O–H groups in total. The van der Waals surface area contributed by atoms with Crippen molar-refractivity contribution in [3.63, 3.8) is 0 Å². The van der Waals surface area contributed by atoms with Crippen molar-refractivity contribution in [1.29, 1.82) is 0 Å². The van der Waals surface area contributed by atoms with E-state index >= 15 is 0 Å². The van der Waals surface area contributed by atoms with Crippen molar-refractivity contribution >= 4 is 16.9 Å². The van der Waals surface area contributed by atoms with Gasteiger partial charge in [-0.2, -0.15) is 0 Å². The molecule has 3 aromatic rings. The van der Waals surface area contributed by atoms with E-state index in [0.29, 0.717) is 5.95 Å². The Labute approximate surface area is 128 Å². The normalized spacial score (nSPS) is 17.2. The molecule has 112 valence electrons. The van der Waals surface area contributed by atoms with Gasteiger partial charge in [0.1, 0.15) is 5.75 Å². The SMILES string of the molecule is COc1ccc2[nH]c3c(c2c1)CCCC3Nc1ncccn1. The van der Waals surface area contributed by atoms with E-state index in [1.807, 2.05) is 12.1 Å². The van der Waals surface area contributed by atoms with Crippen LogP contribution in [0.4, 0.5) is 5.95 Å². The zero-order valence-electron chi connectivity index (χ0n) is 12.5. The van der Waals surface area contributed by atoms with E-state index in [9.17, 15) is 0 Å². The molecule has 0 fully saturated rings. The van der Waals surface area contributed by atoms with Gasteiger partial charge in [0.05, 0.1) is 13.2 Å². The van der Waals surface area contributed by atoms with Crippen LogP contribution in [0.25, 0.3) is 10.9 Å². The molecule has 5 heteroatoms. The first-order chi connectivity index (χ1) is 10.8. The second-order valence-corrected chi connectivity index (χ2v) is 5.59. The molecule has 0 saturated carbocycles. The number of methoxy groups -OCH3 is 1. The molecular formula is C17H18N4O. The van der Waals surface area contributed by atoms with Gasteiger partial charge in [0.2, 0.25) is 5.95 Å². The summed E-state index contributed by atoms with van der Waals surface area (Å²) in [5.41, 5.74) is 3.80. The quantitative estimate of drug-likeness (QED) is 0.776. The Hall–Kier alpha value is -2.56. The Morgan fingerprint density at radius 1 is 1.27 bits per heavy atom. The molecule has 0 radical (unpaired) electrons. The predicted molar refractivity (Wildman–Crippen MR) is 86.2 cm³/mol. The number of rotatable bonds is 3. The number of anilines is 1. The van der Waals surface area contributed by atoms with Crippen molar-refractivity contribution in [2.75, 3.05) is 12.4 Å². The van der Waals surface area contributed by atoms with Crippen LogP contribution in [0.15, 0.2) is 36.7 Å². The van der Waals surface area contributed by atoms with E-state index in [2.05, 4.69) is 32.4 Å². The topological polar surface area (TPSA) is 62.8 Å². The second kappa shape index (κ2) is 5.33. The minimum Gasteiger partial charge on any atom is -0.497 e. The van der Waals surface area contributed by atoms with Crippen LogP contribution >= 0.6 is 0 Å². The number of aromatic nitrogens is 3. The van der Waals surface area contributed by atoms with Crippen molar-refractivity contribution in [3.05, 3.63) is 47.9 Å². The molecule has 2 heterocycles. The summed E-state index contributed by atoms with van der Waals surface area (Å²) >= 11 is 0. The fourth-order valence-corrected chi connectivity index (χ4v) is 3.24. The third-order valence-electron chi connectivity index (χ3n) is 4.28. The van der Waals surface area contributed by atoms with Crippen LogP contribution in [0.3, 0.4) is 0 Å². The fraction of sp³-hybridized carbons (Fsp3) is 0.294. The highest BCUT2D eigenvalue weighted by Crippen LogP contribution is 2.37. The molecule has 2 aromatic heterocycles. The maximum absolute atomic E-state index is 5.36. The number of nitrogens with zero attached hydrogens (tertiary/aromatic N) is 2. The van der Waals surface area contributed by atoms with Gasteiger partial charge in [0, 0.05) is 29.0 Å². The molecule has 4 rings (SSSR count). The highest BCUT2D eigenvalue weighted by atomic mass is 16.5. The smallest absolute Gasteiger partial charge is 0.223 e. The summed E-state index contributed by atoms with van der Waals surface area (Å²) in [6.45, 7) is 0. The van der Waals surface area contributed by atoms with Crippen molar-refractivity contribution in [1.82, 2.24) is 15.0 Å². The summed E-state index contributed by atoms with van der Waals surface area (Å²) in [5.74, 6) is 1.58. The fourth-order valence-electron chi connectivity index (χ4n) is 3.24. The van der Waals surface area contributed by atoms with Gasteiger partial charge in [0.15, 0.2) is 0 Å². The first-order valence-corrected chi connectivity index (χ1v) is 7.57. The lowest BCUT2D eigenvalue weighted by Gasteiger charge is -2.23. The Kier molecular flexibility index (Phi) is 3.18. The highest BCUT2D eigenvalue weighted by Gasteiger charge is 2.24. The third-order valence-corrected chi connectivity index (χ3v) is 4.28. The van der Waals surface area contributed by atoms with Crippen molar-refractivity contribution in [3.8, 4) is 5.75 Å². The Morgan fingerprint density at radius 2 is 2.14 bits per heavy atom. The van der Waals surface area contributed by atoms with Crippen LogP contribution in [-0.2, 0) is 6.42 Å². The van der Waals surface area contributed by atoms with E-state index in [1.165, 1.54) is 16.6 Å². The summed E-state index contributed by atoms with van der Waals surface area (Å²) in [7, 11) is 1.71. The minimum atomic E-state index is 0.226. The van der Waals surface area contributed by atoms with E-state index in [4.69, 9.17) is 4.74 Å². The van der Waals surface area contributed by atoms with Gasteiger partial charge >= 0.3 is 0 Å². The lowest BCUT2D eigenvalue weighted by Crippen LogP contribution is -2.18. The van der Waals surface area contributed by atoms with Gasteiger partial charge in [-0.25, -0.2) is 9.97 Å². The Balaban J connectivity index is 1.74. The largest absolute Gasteiger partial charge is 0.497 e. The Bertz CT molecular complexity index is 797. The van der Waals surface area contributed by atoms with Crippen LogP contribution < -0.4 is 10.1 Å². The molecule has 0 aliphatic heterocycles. The van der Waals surface area contributed by atoms with Gasteiger partial charge in [-0.05, 0) is 49.1 Å². The van der Waals surface area contributed by atoms with Crippen molar-refractivity contribution in [2.45, 2.75) is 25.3 Å². The molecule has 1 aromatic carbocycles. The van der Waals surface area contributed by atoms with Crippen LogP contribution in [-0.4, -0.2) is 22.1 Å². The molecule has 0 saturated heterocycles. The number of benzene rings is 1. The number of ether oxygens (including phenoxy) is 1. The number of fused-ring (bicyclic) bond motifs is 3. The van der Waals surface area contributed by atoms with E-state index in [1.54, 1.807) is 19.5 Å². The number of hydrogen-bond acceptors (Lipinski definition) is 4. The summed E-state index contributed by atoms with van der Waals surface area (Å²) in [6.07, 6.45) is 6.84. The molecule has 1 aliphatic rings. The van der Waals surface area contributed by atoms with Crippen LogP contribution in [0, 0.1) is 0 Å². The number of nitrogens with one attached hydrogen (secondary N) is 2. The lowest BCUT2D eigenvalue weighted by molar-refractivity contribution is 0.415. The molecule has 0 bridgehead atoms. The zero-order chi connectivity index (χ0) is 14.9. The summed E-state index contributed by atoms with van der Waals surface area (Å²) in [5, 5.41) is 4.70. The van der Waals surface area contributed by atoms with Crippen LogP contribution in [0.1, 0.15) is 30.1 Å². The average Bonchev–Trinajstić information content (AvgIpc) is 2.95. The summed E-state index contributed by atoms with van der Waals surface area (Å²) in [4.78, 5) is 12.1. The molecule has 5 nitrogen and oxygen atoms in total. The molecule has 0 spiro atoms. The number of H-pyrrole nitrogens is 1. The van der Waals surface area contributed by atoms with Gasteiger partial charge in [-0.15, -0.1) is 0 Å². The first kappa shape index (κ1) is 13.1. The minimum absolute atomic E-state index is 0.226. The molecular weight excluding hydrogens is 276 g/mol. The van der Waals surface area contributed by atoms with Crippen molar-refractivity contribution < 1.29 is 4.74 Å². The van der Waals surface area contributed by atoms with E-state index in [-0.39, 0.29) is 6.04 Å². The molecule has 22 heavy (non-hydrogen) atoms. The third kappa shape index (κ3) is 2.19. The predicted octanol–water partition coefficient (Wildman–Crippen LogP) is 3.46. The molecule has 1 aliphatic carbocycles. The number of aryl methyl sites for hydroxylation is 1. The second-order valence-electron chi connectivity index (χ2n) is 5.59. The van der Waals surface area contributed by atoms with Crippen LogP contribution in [0.2, 0.25) is 0 Å². The van der Waals surface area contributed by atoms with Gasteiger partial charge in [-0.3, -0.25) is 0 Å². The van der Waals surface area contributed by atoms with Crippen LogP contribution in [0.5, 0.6) is 5.75 Å². The lowest BCUT2D eigenvalue weighted by atomic mass is 9.92. The molecule has 1 unspecified atom stereocenters. The Morgan fingerprint density at radius 3 is 2.95 bits per heavy atom. The van der Waals surface area contributed by atoms with Gasteiger partial charge in [0.25, 0.3) is 0 Å². The number of hydrogen-bond donors (Lipinski definition) is 2.